The summed E-state index contributed by atoms with van der Waals surface area (Å²) in [5.41, 5.74) is 8.45. The van der Waals surface area contributed by atoms with Gasteiger partial charge in [0.05, 0.1) is 17.6 Å². The van der Waals surface area contributed by atoms with Gasteiger partial charge >= 0.3 is 0 Å². The van der Waals surface area contributed by atoms with Gasteiger partial charge in [-0.25, -0.2) is 4.99 Å². The third kappa shape index (κ3) is 27.9. The number of hydrogen-bond donors (Lipinski definition) is 0. The van der Waals surface area contributed by atoms with E-state index in [2.05, 4.69) is 82.9 Å². The number of aryl methyl sites for hydroxylation is 4. The van der Waals surface area contributed by atoms with Gasteiger partial charge in [0.2, 0.25) is 0 Å². The Morgan fingerprint density at radius 3 is 1.03 bits per heavy atom. The molecule has 2 aromatic rings. The van der Waals surface area contributed by atoms with Crippen LogP contribution in [-0.4, -0.2) is 11.9 Å². The lowest BCUT2D eigenvalue weighted by Gasteiger charge is -2.08. The van der Waals surface area contributed by atoms with Crippen molar-refractivity contribution in [2.24, 2.45) is 9.98 Å². The van der Waals surface area contributed by atoms with Gasteiger partial charge in [-0.3, -0.25) is 4.99 Å². The highest BCUT2D eigenvalue weighted by Gasteiger charge is 2.05. The first kappa shape index (κ1) is 51.5. The largest absolute Gasteiger partial charge is 0.254 e. The molecule has 0 unspecified atom stereocenters. The third-order valence-electron chi connectivity index (χ3n) is 11.8. The summed E-state index contributed by atoms with van der Waals surface area (Å²) >= 11 is 0. The molecule has 2 rings (SSSR count). The fraction of sp³-hybridized carbons (Fsp3) is 0.714. The predicted octanol–water partition coefficient (Wildman–Crippen LogP) is 18.5. The van der Waals surface area contributed by atoms with Crippen molar-refractivity contribution in [3.05, 3.63) is 58.7 Å². The number of nitrogens with zero attached hydrogens (tertiary/aromatic N) is 2. The minimum Gasteiger partial charge on any atom is -0.254 e. The van der Waals surface area contributed by atoms with Crippen LogP contribution in [0, 0.1) is 11.8 Å². The lowest BCUT2D eigenvalue weighted by molar-refractivity contribution is 0.519. The Bertz CT molecular complexity index is 1330. The molecule has 2 nitrogen and oxygen atoms in total. The molecule has 0 aliphatic heterocycles. The lowest BCUT2D eigenvalue weighted by Crippen LogP contribution is -1.97. The Labute approximate surface area is 361 Å². The van der Waals surface area contributed by atoms with Gasteiger partial charge in [-0.05, 0) is 110 Å². The summed E-state index contributed by atoms with van der Waals surface area (Å²) in [5.74, 6) is 6.98. The Balaban J connectivity index is 1.83. The normalized spacial score (nSPS) is 11.8. The van der Waals surface area contributed by atoms with Crippen molar-refractivity contribution in [1.29, 1.82) is 0 Å². The van der Waals surface area contributed by atoms with E-state index in [-0.39, 0.29) is 0 Å². The molecule has 0 heterocycles. The molecule has 0 saturated carbocycles. The van der Waals surface area contributed by atoms with E-state index in [0.717, 1.165) is 49.2 Å². The number of benzene rings is 2. The maximum Gasteiger partial charge on any atom is 0.132 e. The van der Waals surface area contributed by atoms with Gasteiger partial charge in [0.1, 0.15) is 5.71 Å². The van der Waals surface area contributed by atoms with Gasteiger partial charge in [-0.15, -0.1) is 0 Å². The number of hydrogen-bond acceptors (Lipinski definition) is 2. The molecule has 0 radical (unpaired) electrons. The van der Waals surface area contributed by atoms with Crippen LogP contribution in [0.5, 0.6) is 0 Å². The Hall–Kier alpha value is -2.66. The molecular weight excluding hydrogens is 701 g/mol. The van der Waals surface area contributed by atoms with Crippen LogP contribution in [0.2, 0.25) is 0 Å². The van der Waals surface area contributed by atoms with E-state index in [9.17, 15) is 0 Å². The minimum absolute atomic E-state index is 0.780. The second-order valence-electron chi connectivity index (χ2n) is 17.7. The summed E-state index contributed by atoms with van der Waals surface area (Å²) in [6.45, 7) is 11.4. The van der Waals surface area contributed by atoms with Crippen molar-refractivity contribution >= 4 is 23.3 Å². The number of rotatable bonds is 37. The smallest absolute Gasteiger partial charge is 0.132 e. The first-order valence-corrected chi connectivity index (χ1v) is 25.5. The summed E-state index contributed by atoms with van der Waals surface area (Å²) in [6.07, 6.45) is 48.2. The average Bonchev–Trinajstić information content (AvgIpc) is 3.23. The fourth-order valence-electron chi connectivity index (χ4n) is 8.07. The summed E-state index contributed by atoms with van der Waals surface area (Å²) in [4.78, 5) is 10.2. The molecule has 0 spiro atoms. The molecule has 0 saturated heterocycles. The molecule has 0 amide bonds. The molecule has 0 fully saturated rings. The standard InChI is InChI=1S/C56H92N2/c1-6-11-16-17-18-19-20-21-22-23-24-25-26-27-28-29-30-31-32-33-34-35-36-37-42-54(58-56-47-52(40-14-9-4)44-53(48-56)41-15-10-5)49-57-55-45-50(38-12-7-2)43-51(46-55)39-13-8-3/h43-49H,6-36,38-41H2,1-5H3. The van der Waals surface area contributed by atoms with E-state index in [1.807, 2.05) is 6.21 Å². The average molecular weight is 793 g/mol. The fourth-order valence-corrected chi connectivity index (χ4v) is 8.07. The summed E-state index contributed by atoms with van der Waals surface area (Å²) in [5, 5.41) is 0. The molecule has 0 bridgehead atoms. The van der Waals surface area contributed by atoms with E-state index < -0.39 is 0 Å². The lowest BCUT2D eigenvalue weighted by atomic mass is 10.0. The predicted molar refractivity (Wildman–Crippen MR) is 262 cm³/mol. The zero-order valence-electron chi connectivity index (χ0n) is 39.2. The highest BCUT2D eigenvalue weighted by Crippen LogP contribution is 2.24. The zero-order chi connectivity index (χ0) is 41.6. The van der Waals surface area contributed by atoms with E-state index in [1.54, 1.807) is 0 Å². The van der Waals surface area contributed by atoms with Gasteiger partial charge in [0, 0.05) is 6.42 Å². The zero-order valence-corrected chi connectivity index (χ0v) is 39.2. The SMILES string of the molecule is CCCCCCCCCCCCCCCCCCCCCCCCC#CC(C=Nc1cc(CCCC)cc(CCCC)c1)=Nc1cc(CCCC)cc(CCCC)c1. The van der Waals surface area contributed by atoms with Gasteiger partial charge in [0.25, 0.3) is 0 Å². The first-order chi connectivity index (χ1) is 28.6. The molecule has 0 aliphatic carbocycles. The summed E-state index contributed by atoms with van der Waals surface area (Å²) < 4.78 is 0. The maximum atomic E-state index is 5.18. The van der Waals surface area contributed by atoms with Crippen LogP contribution in [0.15, 0.2) is 46.4 Å². The van der Waals surface area contributed by atoms with E-state index in [1.165, 1.54) is 215 Å². The highest BCUT2D eigenvalue weighted by molar-refractivity contribution is 6.39. The van der Waals surface area contributed by atoms with Crippen LogP contribution in [0.1, 0.15) is 256 Å². The van der Waals surface area contributed by atoms with Crippen LogP contribution in [0.3, 0.4) is 0 Å². The van der Waals surface area contributed by atoms with Gasteiger partial charge in [0.15, 0.2) is 0 Å². The molecular formula is C56H92N2. The highest BCUT2D eigenvalue weighted by atomic mass is 14.8. The van der Waals surface area contributed by atoms with Crippen LogP contribution >= 0.6 is 0 Å². The van der Waals surface area contributed by atoms with Crippen LogP contribution in [0.25, 0.3) is 0 Å². The van der Waals surface area contributed by atoms with Crippen LogP contribution in [0.4, 0.5) is 11.4 Å². The quantitative estimate of drug-likeness (QED) is 0.0370. The topological polar surface area (TPSA) is 24.7 Å². The van der Waals surface area contributed by atoms with Crippen molar-refractivity contribution in [1.82, 2.24) is 0 Å². The van der Waals surface area contributed by atoms with Gasteiger partial charge in [-0.1, -0.05) is 213 Å². The molecule has 58 heavy (non-hydrogen) atoms. The van der Waals surface area contributed by atoms with Crippen molar-refractivity contribution < 1.29 is 0 Å². The molecule has 0 atom stereocenters. The molecule has 0 N–H and O–H groups in total. The molecule has 326 valence electrons. The number of aliphatic imine (C=N–C) groups is 2. The Morgan fingerprint density at radius 1 is 0.379 bits per heavy atom. The third-order valence-corrected chi connectivity index (χ3v) is 11.8. The van der Waals surface area contributed by atoms with Gasteiger partial charge in [-0.2, -0.15) is 0 Å². The molecule has 2 aromatic carbocycles. The van der Waals surface area contributed by atoms with Crippen LogP contribution < -0.4 is 0 Å². The van der Waals surface area contributed by atoms with Crippen molar-refractivity contribution in [2.75, 3.05) is 0 Å². The van der Waals surface area contributed by atoms with Crippen molar-refractivity contribution in [3.8, 4) is 11.8 Å². The minimum atomic E-state index is 0.780. The van der Waals surface area contributed by atoms with Gasteiger partial charge < -0.3 is 0 Å². The maximum absolute atomic E-state index is 5.18. The van der Waals surface area contributed by atoms with E-state index in [4.69, 9.17) is 9.98 Å². The van der Waals surface area contributed by atoms with E-state index in [0.29, 0.717) is 0 Å². The Morgan fingerprint density at radius 2 is 0.690 bits per heavy atom. The summed E-state index contributed by atoms with van der Waals surface area (Å²) in [6, 6.07) is 13.9. The molecule has 2 heteroatoms. The molecule has 0 aromatic heterocycles. The Kier molecular flexibility index (Phi) is 33.1. The molecule has 0 aliphatic rings. The van der Waals surface area contributed by atoms with Crippen molar-refractivity contribution in [2.45, 2.75) is 259 Å². The second-order valence-corrected chi connectivity index (χ2v) is 17.7. The van der Waals surface area contributed by atoms with Crippen molar-refractivity contribution in [3.63, 3.8) is 0 Å². The van der Waals surface area contributed by atoms with Crippen LogP contribution in [-0.2, 0) is 25.7 Å². The number of unbranched alkanes of at least 4 members (excludes halogenated alkanes) is 26. The first-order valence-electron chi connectivity index (χ1n) is 25.5. The second kappa shape index (κ2) is 37.3. The summed E-state index contributed by atoms with van der Waals surface area (Å²) in [7, 11) is 0. The monoisotopic (exact) mass is 793 g/mol. The van der Waals surface area contributed by atoms with E-state index >= 15 is 0 Å².